The summed E-state index contributed by atoms with van der Waals surface area (Å²) < 4.78 is 2.60. The van der Waals surface area contributed by atoms with Crippen LogP contribution < -0.4 is 11.5 Å². The average Bonchev–Trinajstić information content (AvgIpc) is 3.08. The maximum absolute atomic E-state index is 12.1. The van der Waals surface area contributed by atoms with E-state index in [1.54, 1.807) is 16.8 Å². The van der Waals surface area contributed by atoms with Gasteiger partial charge in [0.2, 0.25) is 0 Å². The minimum atomic E-state index is -0.621. The number of anilines is 1. The van der Waals surface area contributed by atoms with Gasteiger partial charge in [-0.05, 0) is 32.4 Å². The lowest BCUT2D eigenvalue weighted by Crippen LogP contribution is -2.14. The van der Waals surface area contributed by atoms with Crippen LogP contribution in [-0.4, -0.2) is 25.5 Å². The van der Waals surface area contributed by atoms with E-state index in [2.05, 4.69) is 9.97 Å². The highest BCUT2D eigenvalue weighted by Crippen LogP contribution is 2.40. The summed E-state index contributed by atoms with van der Waals surface area (Å²) >= 11 is 1.48. The van der Waals surface area contributed by atoms with E-state index in [0.29, 0.717) is 16.6 Å². The fourth-order valence-electron chi connectivity index (χ4n) is 3.40. The number of pyridine rings is 1. The molecular formula is C18H17N5O2S. The molecule has 26 heavy (non-hydrogen) atoms. The molecule has 0 saturated heterocycles. The third-order valence-electron chi connectivity index (χ3n) is 4.57. The number of benzene rings is 1. The molecule has 0 aliphatic rings. The number of phenols is 1. The molecule has 7 nitrogen and oxygen atoms in total. The summed E-state index contributed by atoms with van der Waals surface area (Å²) in [5.41, 5.74) is 15.8. The standard InChI is InChI=1S/C18H17N5O2S/c1-7-4-5-11(24)8(2)13(7)23-14-10(12(16(23)19)17(20)25)6-21-18-15(14)26-9(3)22-18/h4-6,24H,19H2,1-3H3,(H2,20,25). The number of phenolic OH excluding ortho intramolecular Hbond substituents is 1. The monoisotopic (exact) mass is 367 g/mol. The number of carbonyl (C=O) groups is 1. The van der Waals surface area contributed by atoms with Crippen LogP contribution in [0.4, 0.5) is 5.82 Å². The number of hydrogen-bond acceptors (Lipinski definition) is 6. The van der Waals surface area contributed by atoms with Crippen LogP contribution in [0.2, 0.25) is 0 Å². The van der Waals surface area contributed by atoms with E-state index >= 15 is 0 Å². The number of rotatable bonds is 2. The molecule has 1 aromatic carbocycles. The molecule has 4 rings (SSSR count). The molecule has 0 atom stereocenters. The Balaban J connectivity index is 2.30. The fraction of sp³-hybridized carbons (Fsp3) is 0.167. The van der Waals surface area contributed by atoms with Crippen molar-refractivity contribution in [2.24, 2.45) is 5.73 Å². The Morgan fingerprint density at radius 3 is 2.69 bits per heavy atom. The van der Waals surface area contributed by atoms with Crippen molar-refractivity contribution in [3.8, 4) is 11.4 Å². The number of fused-ring (bicyclic) bond motifs is 3. The molecule has 0 spiro atoms. The van der Waals surface area contributed by atoms with E-state index in [0.717, 1.165) is 26.5 Å². The van der Waals surface area contributed by atoms with Crippen LogP contribution >= 0.6 is 11.3 Å². The Bertz CT molecular complexity index is 1220. The topological polar surface area (TPSA) is 120 Å². The zero-order chi connectivity index (χ0) is 18.7. The Morgan fingerprint density at radius 2 is 2.00 bits per heavy atom. The summed E-state index contributed by atoms with van der Waals surface area (Å²) in [5.74, 6) is -0.244. The molecule has 1 amide bonds. The molecule has 0 aliphatic carbocycles. The molecule has 132 valence electrons. The van der Waals surface area contributed by atoms with Crippen LogP contribution in [0.5, 0.6) is 5.75 Å². The van der Waals surface area contributed by atoms with Crippen molar-refractivity contribution in [3.05, 3.63) is 40.0 Å². The van der Waals surface area contributed by atoms with Gasteiger partial charge in [0.25, 0.3) is 5.91 Å². The van der Waals surface area contributed by atoms with Crippen molar-refractivity contribution in [2.45, 2.75) is 20.8 Å². The van der Waals surface area contributed by atoms with Gasteiger partial charge >= 0.3 is 0 Å². The van der Waals surface area contributed by atoms with Crippen molar-refractivity contribution in [2.75, 3.05) is 5.73 Å². The molecule has 0 saturated carbocycles. The highest BCUT2D eigenvalue weighted by molar-refractivity contribution is 7.19. The molecule has 3 heterocycles. The highest BCUT2D eigenvalue weighted by atomic mass is 32.1. The summed E-state index contributed by atoms with van der Waals surface area (Å²) in [5, 5.41) is 11.6. The number of aryl methyl sites for hydroxylation is 2. The van der Waals surface area contributed by atoms with Gasteiger partial charge in [0.1, 0.15) is 11.6 Å². The minimum Gasteiger partial charge on any atom is -0.508 e. The van der Waals surface area contributed by atoms with E-state index in [1.807, 2.05) is 26.8 Å². The van der Waals surface area contributed by atoms with Gasteiger partial charge in [0, 0.05) is 17.1 Å². The van der Waals surface area contributed by atoms with Gasteiger partial charge in [0.05, 0.1) is 26.5 Å². The number of thiazole rings is 1. The summed E-state index contributed by atoms with van der Waals surface area (Å²) in [6, 6.07) is 3.45. The van der Waals surface area contributed by atoms with Crippen molar-refractivity contribution in [1.29, 1.82) is 0 Å². The van der Waals surface area contributed by atoms with E-state index in [4.69, 9.17) is 11.5 Å². The maximum Gasteiger partial charge on any atom is 0.253 e. The van der Waals surface area contributed by atoms with Crippen molar-refractivity contribution < 1.29 is 9.90 Å². The summed E-state index contributed by atoms with van der Waals surface area (Å²) in [6.07, 6.45) is 1.58. The summed E-state index contributed by atoms with van der Waals surface area (Å²) in [7, 11) is 0. The van der Waals surface area contributed by atoms with Crippen LogP contribution in [0.1, 0.15) is 26.5 Å². The lowest BCUT2D eigenvalue weighted by molar-refractivity contribution is 0.100. The van der Waals surface area contributed by atoms with E-state index in [9.17, 15) is 9.90 Å². The maximum atomic E-state index is 12.1. The Labute approximate surface area is 152 Å². The molecule has 8 heteroatoms. The lowest BCUT2D eigenvalue weighted by atomic mass is 10.1. The van der Waals surface area contributed by atoms with Crippen LogP contribution in [0.25, 0.3) is 26.9 Å². The highest BCUT2D eigenvalue weighted by Gasteiger charge is 2.25. The summed E-state index contributed by atoms with van der Waals surface area (Å²) in [6.45, 7) is 5.63. The molecule has 4 aromatic rings. The molecule has 5 N–H and O–H groups in total. The van der Waals surface area contributed by atoms with Crippen LogP contribution in [-0.2, 0) is 0 Å². The second-order valence-electron chi connectivity index (χ2n) is 6.24. The molecule has 3 aromatic heterocycles. The predicted molar refractivity (Wildman–Crippen MR) is 103 cm³/mol. The summed E-state index contributed by atoms with van der Waals surface area (Å²) in [4.78, 5) is 20.9. The SMILES string of the molecule is Cc1nc2ncc3c(C(N)=O)c(N)n(-c4c(C)ccc(O)c4C)c3c2s1. The molecular weight excluding hydrogens is 350 g/mol. The van der Waals surface area contributed by atoms with Crippen molar-refractivity contribution in [1.82, 2.24) is 14.5 Å². The second-order valence-corrected chi connectivity index (χ2v) is 7.44. The first kappa shape index (κ1) is 16.3. The first-order chi connectivity index (χ1) is 12.3. The van der Waals surface area contributed by atoms with Gasteiger partial charge in [-0.3, -0.25) is 9.36 Å². The van der Waals surface area contributed by atoms with Crippen LogP contribution in [0.3, 0.4) is 0 Å². The van der Waals surface area contributed by atoms with Crippen LogP contribution in [0, 0.1) is 20.8 Å². The number of amides is 1. The number of nitrogens with zero attached hydrogens (tertiary/aromatic N) is 3. The van der Waals surface area contributed by atoms with Gasteiger partial charge < -0.3 is 16.6 Å². The number of nitrogen functional groups attached to an aromatic ring is 1. The quantitative estimate of drug-likeness (QED) is 0.503. The van der Waals surface area contributed by atoms with Gasteiger partial charge in [-0.15, -0.1) is 11.3 Å². The fourth-order valence-corrected chi connectivity index (χ4v) is 4.32. The molecule has 0 bridgehead atoms. The average molecular weight is 367 g/mol. The number of aromatic nitrogens is 3. The second kappa shape index (κ2) is 5.43. The number of primary amides is 1. The molecule has 0 unspecified atom stereocenters. The number of hydrogen-bond donors (Lipinski definition) is 3. The Morgan fingerprint density at radius 1 is 1.27 bits per heavy atom. The predicted octanol–water partition coefficient (Wildman–Crippen LogP) is 2.95. The number of nitrogens with two attached hydrogens (primary N) is 2. The lowest BCUT2D eigenvalue weighted by Gasteiger charge is -2.16. The molecule has 0 radical (unpaired) electrons. The molecule has 0 aliphatic heterocycles. The number of carbonyl (C=O) groups excluding carboxylic acids is 1. The van der Waals surface area contributed by atoms with E-state index in [-0.39, 0.29) is 17.1 Å². The zero-order valence-electron chi connectivity index (χ0n) is 14.5. The van der Waals surface area contributed by atoms with Crippen molar-refractivity contribution in [3.63, 3.8) is 0 Å². The van der Waals surface area contributed by atoms with Gasteiger partial charge in [-0.2, -0.15) is 0 Å². The van der Waals surface area contributed by atoms with Gasteiger partial charge in [-0.25, -0.2) is 9.97 Å². The van der Waals surface area contributed by atoms with Crippen LogP contribution in [0.15, 0.2) is 18.3 Å². The normalized spacial score (nSPS) is 11.5. The molecule has 0 fully saturated rings. The van der Waals surface area contributed by atoms with Gasteiger partial charge in [-0.1, -0.05) is 6.07 Å². The third kappa shape index (κ3) is 2.08. The first-order valence-corrected chi connectivity index (χ1v) is 8.78. The Hall–Kier alpha value is -3.13. The minimum absolute atomic E-state index is 0.151. The zero-order valence-corrected chi connectivity index (χ0v) is 15.3. The third-order valence-corrected chi connectivity index (χ3v) is 5.53. The number of aromatic hydroxyl groups is 1. The smallest absolute Gasteiger partial charge is 0.253 e. The van der Waals surface area contributed by atoms with Crippen molar-refractivity contribution >= 4 is 44.3 Å². The van der Waals surface area contributed by atoms with E-state index in [1.165, 1.54) is 11.3 Å². The largest absolute Gasteiger partial charge is 0.508 e. The first-order valence-electron chi connectivity index (χ1n) is 7.96. The van der Waals surface area contributed by atoms with E-state index < -0.39 is 5.91 Å². The van der Waals surface area contributed by atoms with Gasteiger partial charge in [0.15, 0.2) is 5.65 Å². The Kier molecular flexibility index (Phi) is 3.42.